The van der Waals surface area contributed by atoms with Crippen molar-refractivity contribution in [3.63, 3.8) is 0 Å². The highest BCUT2D eigenvalue weighted by atomic mass is 15.3. The van der Waals surface area contributed by atoms with E-state index < -0.39 is 0 Å². The molecule has 2 saturated heterocycles. The summed E-state index contributed by atoms with van der Waals surface area (Å²) in [5.41, 5.74) is 0.918. The zero-order valence-electron chi connectivity index (χ0n) is 11.8. The molecule has 1 atom stereocenters. The predicted octanol–water partition coefficient (Wildman–Crippen LogP) is 1.79. The van der Waals surface area contributed by atoms with Gasteiger partial charge in [-0.15, -0.1) is 5.10 Å². The van der Waals surface area contributed by atoms with Gasteiger partial charge in [-0.3, -0.25) is 4.90 Å². The number of imidazole rings is 1. The molecule has 2 aliphatic rings. The van der Waals surface area contributed by atoms with Gasteiger partial charge in [-0.25, -0.2) is 9.50 Å². The maximum absolute atomic E-state index is 4.68. The van der Waals surface area contributed by atoms with Crippen molar-refractivity contribution in [3.8, 4) is 0 Å². The van der Waals surface area contributed by atoms with E-state index in [1.807, 2.05) is 10.7 Å². The summed E-state index contributed by atoms with van der Waals surface area (Å²) in [6, 6.07) is 4.88. The van der Waals surface area contributed by atoms with Gasteiger partial charge in [0.15, 0.2) is 5.65 Å². The molecule has 2 aromatic heterocycles. The normalized spacial score (nSPS) is 24.6. The van der Waals surface area contributed by atoms with Crippen LogP contribution < -0.4 is 4.90 Å². The van der Waals surface area contributed by atoms with Gasteiger partial charge in [-0.2, -0.15) is 0 Å². The summed E-state index contributed by atoms with van der Waals surface area (Å²) in [6.45, 7) is 4.81. The van der Waals surface area contributed by atoms with Crippen LogP contribution in [0.15, 0.2) is 24.5 Å². The molecule has 4 rings (SSSR count). The number of aromatic nitrogens is 3. The minimum atomic E-state index is 0.714. The third-order valence-corrected chi connectivity index (χ3v) is 4.62. The molecule has 20 heavy (non-hydrogen) atoms. The number of rotatable bonds is 2. The first kappa shape index (κ1) is 12.1. The topological polar surface area (TPSA) is 36.7 Å². The van der Waals surface area contributed by atoms with E-state index in [1.54, 1.807) is 6.20 Å². The Morgan fingerprint density at radius 2 is 1.95 bits per heavy atom. The lowest BCUT2D eigenvalue weighted by Gasteiger charge is -2.38. The van der Waals surface area contributed by atoms with E-state index in [9.17, 15) is 0 Å². The monoisotopic (exact) mass is 271 g/mol. The lowest BCUT2D eigenvalue weighted by Crippen LogP contribution is -2.47. The molecule has 4 heterocycles. The molecular formula is C15H21N5. The quantitative estimate of drug-likeness (QED) is 0.834. The van der Waals surface area contributed by atoms with E-state index in [0.29, 0.717) is 6.04 Å². The van der Waals surface area contributed by atoms with Crippen LogP contribution in [0.4, 0.5) is 5.82 Å². The molecule has 0 saturated carbocycles. The van der Waals surface area contributed by atoms with Crippen molar-refractivity contribution in [2.75, 3.05) is 31.1 Å². The molecular weight excluding hydrogens is 250 g/mol. The van der Waals surface area contributed by atoms with Gasteiger partial charge in [0.05, 0.1) is 0 Å². The van der Waals surface area contributed by atoms with Gasteiger partial charge < -0.3 is 4.90 Å². The van der Waals surface area contributed by atoms with Gasteiger partial charge in [0.1, 0.15) is 5.82 Å². The van der Waals surface area contributed by atoms with Crippen LogP contribution in [0.1, 0.15) is 25.7 Å². The van der Waals surface area contributed by atoms with Gasteiger partial charge in [0.25, 0.3) is 0 Å². The molecule has 0 aromatic carbocycles. The fourth-order valence-corrected chi connectivity index (χ4v) is 3.54. The average Bonchev–Trinajstić information content (AvgIpc) is 3.18. The average molecular weight is 271 g/mol. The van der Waals surface area contributed by atoms with Gasteiger partial charge in [0.2, 0.25) is 0 Å². The van der Waals surface area contributed by atoms with Gasteiger partial charge in [-0.1, -0.05) is 0 Å². The Morgan fingerprint density at radius 1 is 1.05 bits per heavy atom. The molecule has 0 spiro atoms. The number of hydrogen-bond donors (Lipinski definition) is 0. The van der Waals surface area contributed by atoms with Crippen molar-refractivity contribution in [1.82, 2.24) is 19.5 Å². The Morgan fingerprint density at radius 3 is 2.85 bits per heavy atom. The zero-order chi connectivity index (χ0) is 13.4. The standard InChI is InChI=1S/C15H21N5/c1-2-9-18(8-1)13-4-3-10-19(12-13)15-6-5-14-16-7-11-20(14)17-15/h5-7,11,13H,1-4,8-10,12H2. The number of hydrogen-bond acceptors (Lipinski definition) is 4. The second kappa shape index (κ2) is 5.05. The van der Waals surface area contributed by atoms with E-state index >= 15 is 0 Å². The first-order chi connectivity index (χ1) is 9.90. The Balaban J connectivity index is 1.54. The molecule has 0 radical (unpaired) electrons. The third-order valence-electron chi connectivity index (χ3n) is 4.62. The second-order valence-electron chi connectivity index (χ2n) is 5.91. The maximum atomic E-state index is 4.68. The van der Waals surface area contributed by atoms with E-state index in [-0.39, 0.29) is 0 Å². The SMILES string of the molecule is c1cn2nc(N3CCCC(N4CCCC4)C3)ccc2n1. The van der Waals surface area contributed by atoms with E-state index in [4.69, 9.17) is 0 Å². The Bertz CT molecular complexity index is 587. The molecule has 0 aliphatic carbocycles. The van der Waals surface area contributed by atoms with Crippen LogP contribution in [0.5, 0.6) is 0 Å². The molecule has 5 nitrogen and oxygen atoms in total. The first-order valence-corrected chi connectivity index (χ1v) is 7.69. The summed E-state index contributed by atoms with van der Waals surface area (Å²) in [5, 5.41) is 4.68. The fourth-order valence-electron chi connectivity index (χ4n) is 3.54. The number of fused-ring (bicyclic) bond motifs is 1. The van der Waals surface area contributed by atoms with Crippen LogP contribution in [0.3, 0.4) is 0 Å². The molecule has 2 aliphatic heterocycles. The molecule has 2 aromatic rings. The largest absolute Gasteiger partial charge is 0.354 e. The van der Waals surface area contributed by atoms with Crippen LogP contribution in [-0.2, 0) is 0 Å². The van der Waals surface area contributed by atoms with Crippen molar-refractivity contribution in [2.45, 2.75) is 31.7 Å². The lowest BCUT2D eigenvalue weighted by atomic mass is 10.0. The second-order valence-corrected chi connectivity index (χ2v) is 5.91. The van der Waals surface area contributed by atoms with Crippen molar-refractivity contribution >= 4 is 11.5 Å². The van der Waals surface area contributed by atoms with E-state index in [0.717, 1.165) is 24.6 Å². The molecule has 0 amide bonds. The molecule has 5 heteroatoms. The van der Waals surface area contributed by atoms with Gasteiger partial charge >= 0.3 is 0 Å². The zero-order valence-corrected chi connectivity index (χ0v) is 11.8. The summed E-state index contributed by atoms with van der Waals surface area (Å²) in [4.78, 5) is 9.36. The lowest BCUT2D eigenvalue weighted by molar-refractivity contribution is 0.215. The highest BCUT2D eigenvalue weighted by molar-refractivity contribution is 5.46. The number of piperidine rings is 1. The summed E-state index contributed by atoms with van der Waals surface area (Å²) in [7, 11) is 0. The van der Waals surface area contributed by atoms with Gasteiger partial charge in [0, 0.05) is 31.5 Å². The van der Waals surface area contributed by atoms with Crippen molar-refractivity contribution in [1.29, 1.82) is 0 Å². The van der Waals surface area contributed by atoms with Crippen LogP contribution in [-0.4, -0.2) is 51.7 Å². The molecule has 0 N–H and O–H groups in total. The Labute approximate surface area is 119 Å². The first-order valence-electron chi connectivity index (χ1n) is 7.69. The Kier molecular flexibility index (Phi) is 3.07. The number of anilines is 1. The molecule has 106 valence electrons. The molecule has 1 unspecified atom stereocenters. The third kappa shape index (κ3) is 2.16. The summed E-state index contributed by atoms with van der Waals surface area (Å²) >= 11 is 0. The summed E-state index contributed by atoms with van der Waals surface area (Å²) < 4.78 is 1.87. The van der Waals surface area contributed by atoms with Crippen molar-refractivity contribution in [2.24, 2.45) is 0 Å². The summed E-state index contributed by atoms with van der Waals surface area (Å²) in [5.74, 6) is 1.08. The van der Waals surface area contributed by atoms with Gasteiger partial charge in [-0.05, 0) is 50.9 Å². The van der Waals surface area contributed by atoms with Crippen molar-refractivity contribution in [3.05, 3.63) is 24.5 Å². The number of likely N-dealkylation sites (tertiary alicyclic amines) is 1. The molecule has 0 bridgehead atoms. The fraction of sp³-hybridized carbons (Fsp3) is 0.600. The predicted molar refractivity (Wildman–Crippen MR) is 79.0 cm³/mol. The van der Waals surface area contributed by atoms with E-state index in [1.165, 1.54) is 38.8 Å². The van der Waals surface area contributed by atoms with Crippen LogP contribution in [0, 0.1) is 0 Å². The minimum absolute atomic E-state index is 0.714. The highest BCUT2D eigenvalue weighted by Crippen LogP contribution is 2.23. The maximum Gasteiger partial charge on any atom is 0.153 e. The highest BCUT2D eigenvalue weighted by Gasteiger charge is 2.27. The van der Waals surface area contributed by atoms with E-state index in [2.05, 4.69) is 32.0 Å². The Hall–Kier alpha value is -1.62. The number of nitrogens with zero attached hydrogens (tertiary/aromatic N) is 5. The minimum Gasteiger partial charge on any atom is -0.354 e. The smallest absolute Gasteiger partial charge is 0.153 e. The van der Waals surface area contributed by atoms with Crippen LogP contribution in [0.2, 0.25) is 0 Å². The molecule has 2 fully saturated rings. The van der Waals surface area contributed by atoms with Crippen LogP contribution in [0.25, 0.3) is 5.65 Å². The van der Waals surface area contributed by atoms with Crippen molar-refractivity contribution < 1.29 is 0 Å². The summed E-state index contributed by atoms with van der Waals surface area (Å²) in [6.07, 6.45) is 9.07. The van der Waals surface area contributed by atoms with Crippen LogP contribution >= 0.6 is 0 Å².